The summed E-state index contributed by atoms with van der Waals surface area (Å²) in [4.78, 5) is 24.9. The molecule has 2 rings (SSSR count). The van der Waals surface area contributed by atoms with E-state index in [0.29, 0.717) is 31.2 Å². The summed E-state index contributed by atoms with van der Waals surface area (Å²) in [5.74, 6) is 0.103. The predicted molar refractivity (Wildman–Crippen MR) is 86.4 cm³/mol. The second-order valence-electron chi connectivity index (χ2n) is 5.98. The van der Waals surface area contributed by atoms with Crippen LogP contribution < -0.4 is 5.32 Å². The van der Waals surface area contributed by atoms with Crippen LogP contribution in [0, 0.1) is 16.0 Å². The lowest BCUT2D eigenvalue weighted by atomic mass is 10.0. The summed E-state index contributed by atoms with van der Waals surface area (Å²) in [6, 6.07) is 6.01. The Balaban J connectivity index is 1.98. The molecular formula is C16H23N3O4. The van der Waals surface area contributed by atoms with E-state index >= 15 is 0 Å². The Kier molecular flexibility index (Phi) is 6.06. The van der Waals surface area contributed by atoms with E-state index < -0.39 is 4.92 Å². The Bertz CT molecular complexity index is 556. The Morgan fingerprint density at radius 2 is 2.09 bits per heavy atom. The minimum Gasteiger partial charge on any atom is -0.379 e. The Morgan fingerprint density at radius 3 is 2.70 bits per heavy atom. The second kappa shape index (κ2) is 8.03. The fourth-order valence-corrected chi connectivity index (χ4v) is 2.76. The van der Waals surface area contributed by atoms with Gasteiger partial charge in [0.25, 0.3) is 11.6 Å². The van der Waals surface area contributed by atoms with Crippen molar-refractivity contribution in [1.82, 2.24) is 10.2 Å². The van der Waals surface area contributed by atoms with Gasteiger partial charge in [0.2, 0.25) is 0 Å². The molecule has 0 aliphatic carbocycles. The average molecular weight is 321 g/mol. The first-order valence-electron chi connectivity index (χ1n) is 7.83. The monoisotopic (exact) mass is 321 g/mol. The summed E-state index contributed by atoms with van der Waals surface area (Å²) < 4.78 is 5.37. The fraction of sp³-hybridized carbons (Fsp3) is 0.562. The minimum atomic E-state index is -0.499. The van der Waals surface area contributed by atoms with Crippen LogP contribution in [0.5, 0.6) is 0 Å². The normalized spacial score (nSPS) is 17.0. The zero-order valence-electron chi connectivity index (χ0n) is 13.5. The average Bonchev–Trinajstić information content (AvgIpc) is 2.55. The van der Waals surface area contributed by atoms with Crippen LogP contribution in [0.15, 0.2) is 24.3 Å². The number of morpholine rings is 1. The van der Waals surface area contributed by atoms with Crippen LogP contribution in [0.3, 0.4) is 0 Å². The molecular weight excluding hydrogens is 298 g/mol. The van der Waals surface area contributed by atoms with E-state index in [1.807, 2.05) is 0 Å². The number of amides is 1. The van der Waals surface area contributed by atoms with E-state index in [0.717, 1.165) is 13.1 Å². The van der Waals surface area contributed by atoms with Crippen molar-refractivity contribution in [3.05, 3.63) is 39.9 Å². The zero-order valence-corrected chi connectivity index (χ0v) is 13.5. The van der Waals surface area contributed by atoms with Gasteiger partial charge in [-0.15, -0.1) is 0 Å². The predicted octanol–water partition coefficient (Wildman–Crippen LogP) is 1.68. The van der Waals surface area contributed by atoms with Crippen molar-refractivity contribution >= 4 is 11.6 Å². The largest absolute Gasteiger partial charge is 0.379 e. The van der Waals surface area contributed by atoms with Crippen LogP contribution in [-0.2, 0) is 4.74 Å². The molecule has 1 heterocycles. The molecule has 1 unspecified atom stereocenters. The molecule has 0 saturated carbocycles. The number of benzene rings is 1. The molecule has 1 aliphatic rings. The van der Waals surface area contributed by atoms with Gasteiger partial charge in [-0.2, -0.15) is 0 Å². The Labute approximate surface area is 135 Å². The number of non-ortho nitro benzene ring substituents is 1. The van der Waals surface area contributed by atoms with Gasteiger partial charge in [-0.3, -0.25) is 19.8 Å². The summed E-state index contributed by atoms with van der Waals surface area (Å²) in [6.45, 7) is 7.90. The smallest absolute Gasteiger partial charge is 0.270 e. The molecule has 0 spiro atoms. The first-order chi connectivity index (χ1) is 11.0. The van der Waals surface area contributed by atoms with E-state index in [1.54, 1.807) is 6.07 Å². The van der Waals surface area contributed by atoms with Crippen LogP contribution in [0.2, 0.25) is 0 Å². The molecule has 23 heavy (non-hydrogen) atoms. The third-order valence-electron chi connectivity index (χ3n) is 4.08. The van der Waals surface area contributed by atoms with E-state index in [4.69, 9.17) is 4.74 Å². The molecule has 1 aliphatic heterocycles. The highest BCUT2D eigenvalue weighted by Gasteiger charge is 2.24. The van der Waals surface area contributed by atoms with Crippen molar-refractivity contribution in [2.24, 2.45) is 5.92 Å². The van der Waals surface area contributed by atoms with Gasteiger partial charge in [-0.1, -0.05) is 19.9 Å². The molecule has 1 N–H and O–H groups in total. The maximum absolute atomic E-state index is 12.3. The molecule has 1 atom stereocenters. The first kappa shape index (κ1) is 17.4. The Morgan fingerprint density at radius 1 is 1.39 bits per heavy atom. The zero-order chi connectivity index (χ0) is 16.8. The molecule has 1 fully saturated rings. The molecule has 0 bridgehead atoms. The standard InChI is InChI=1S/C16H23N3O4/c1-12(2)15(18-6-8-23-9-7-18)11-17-16(20)13-4-3-5-14(10-13)19(21)22/h3-5,10,12,15H,6-9,11H2,1-2H3,(H,17,20). The number of hydrogen-bond donors (Lipinski definition) is 1. The van der Waals surface area contributed by atoms with Gasteiger partial charge >= 0.3 is 0 Å². The number of hydrogen-bond acceptors (Lipinski definition) is 5. The first-order valence-corrected chi connectivity index (χ1v) is 7.83. The minimum absolute atomic E-state index is 0.0776. The van der Waals surface area contributed by atoms with Crippen LogP contribution in [0.4, 0.5) is 5.69 Å². The second-order valence-corrected chi connectivity index (χ2v) is 5.98. The molecule has 1 saturated heterocycles. The van der Waals surface area contributed by atoms with Gasteiger partial charge in [0, 0.05) is 43.4 Å². The highest BCUT2D eigenvalue weighted by molar-refractivity contribution is 5.94. The number of nitrogens with zero attached hydrogens (tertiary/aromatic N) is 2. The summed E-state index contributed by atoms with van der Waals surface area (Å²) in [5, 5.41) is 13.7. The van der Waals surface area contributed by atoms with E-state index in [2.05, 4.69) is 24.1 Å². The topological polar surface area (TPSA) is 84.7 Å². The molecule has 1 aromatic rings. The van der Waals surface area contributed by atoms with Crippen LogP contribution in [0.1, 0.15) is 24.2 Å². The molecule has 1 amide bonds. The Hall–Kier alpha value is -1.99. The van der Waals surface area contributed by atoms with Gasteiger partial charge < -0.3 is 10.1 Å². The fourth-order valence-electron chi connectivity index (χ4n) is 2.76. The lowest BCUT2D eigenvalue weighted by molar-refractivity contribution is -0.384. The van der Waals surface area contributed by atoms with Gasteiger partial charge in [-0.25, -0.2) is 0 Å². The van der Waals surface area contributed by atoms with Crippen molar-refractivity contribution < 1.29 is 14.5 Å². The summed E-state index contributed by atoms with van der Waals surface area (Å²) in [7, 11) is 0. The quantitative estimate of drug-likeness (QED) is 0.636. The van der Waals surface area contributed by atoms with Crippen molar-refractivity contribution in [2.75, 3.05) is 32.8 Å². The summed E-state index contributed by atoms with van der Waals surface area (Å²) >= 11 is 0. The lowest BCUT2D eigenvalue weighted by Crippen LogP contribution is -2.51. The third-order valence-corrected chi connectivity index (χ3v) is 4.08. The number of nitro groups is 1. The van der Waals surface area contributed by atoms with Crippen molar-refractivity contribution in [1.29, 1.82) is 0 Å². The number of ether oxygens (including phenoxy) is 1. The number of rotatable bonds is 6. The highest BCUT2D eigenvalue weighted by atomic mass is 16.6. The molecule has 126 valence electrons. The SMILES string of the molecule is CC(C)C(CNC(=O)c1cccc([N+](=O)[O-])c1)N1CCOCC1. The van der Waals surface area contributed by atoms with Crippen molar-refractivity contribution in [3.63, 3.8) is 0 Å². The molecule has 0 radical (unpaired) electrons. The van der Waals surface area contributed by atoms with Crippen molar-refractivity contribution in [3.8, 4) is 0 Å². The summed E-state index contributed by atoms with van der Waals surface area (Å²) in [5.41, 5.74) is 0.231. The van der Waals surface area contributed by atoms with E-state index in [-0.39, 0.29) is 17.6 Å². The maximum atomic E-state index is 12.3. The van der Waals surface area contributed by atoms with Gasteiger partial charge in [0.15, 0.2) is 0 Å². The van der Waals surface area contributed by atoms with Crippen LogP contribution in [-0.4, -0.2) is 54.6 Å². The number of carbonyl (C=O) groups excluding carboxylic acids is 1. The van der Waals surface area contributed by atoms with Crippen molar-refractivity contribution in [2.45, 2.75) is 19.9 Å². The number of nitrogens with one attached hydrogen (secondary N) is 1. The lowest BCUT2D eigenvalue weighted by Gasteiger charge is -2.36. The molecule has 1 aromatic carbocycles. The number of carbonyl (C=O) groups is 1. The van der Waals surface area contributed by atoms with Gasteiger partial charge in [-0.05, 0) is 12.0 Å². The highest BCUT2D eigenvalue weighted by Crippen LogP contribution is 2.15. The number of nitro benzene ring substituents is 1. The summed E-state index contributed by atoms with van der Waals surface area (Å²) in [6.07, 6.45) is 0. The maximum Gasteiger partial charge on any atom is 0.270 e. The van der Waals surface area contributed by atoms with E-state index in [1.165, 1.54) is 18.2 Å². The molecule has 7 nitrogen and oxygen atoms in total. The van der Waals surface area contributed by atoms with Gasteiger partial charge in [0.05, 0.1) is 18.1 Å². The van der Waals surface area contributed by atoms with Crippen LogP contribution >= 0.6 is 0 Å². The van der Waals surface area contributed by atoms with Gasteiger partial charge in [0.1, 0.15) is 0 Å². The molecule has 7 heteroatoms. The van der Waals surface area contributed by atoms with Crippen LogP contribution in [0.25, 0.3) is 0 Å². The third kappa shape index (κ3) is 4.74. The molecule has 0 aromatic heterocycles. The van der Waals surface area contributed by atoms with E-state index in [9.17, 15) is 14.9 Å².